The van der Waals surface area contributed by atoms with Crippen molar-refractivity contribution in [2.24, 2.45) is 0 Å². The molecule has 0 fully saturated rings. The Labute approximate surface area is 144 Å². The van der Waals surface area contributed by atoms with Crippen molar-refractivity contribution in [3.05, 3.63) is 53.6 Å². The van der Waals surface area contributed by atoms with E-state index in [1.165, 1.54) is 5.56 Å². The van der Waals surface area contributed by atoms with E-state index in [2.05, 4.69) is 23.6 Å². The Balaban J connectivity index is 1.91. The quantitative estimate of drug-likeness (QED) is 0.701. The number of nitrogens with one attached hydrogen (secondary N) is 2. The molecule has 2 aromatic rings. The molecule has 2 N–H and O–H groups in total. The largest absolute Gasteiger partial charge is 0.491 e. The molecule has 0 saturated heterocycles. The predicted octanol–water partition coefficient (Wildman–Crippen LogP) is 4.53. The van der Waals surface area contributed by atoms with Crippen LogP contribution in [0.15, 0.2) is 42.5 Å². The highest BCUT2D eigenvalue weighted by atomic mass is 16.5. The minimum absolute atomic E-state index is 0.0784. The molecule has 0 radical (unpaired) electrons. The van der Waals surface area contributed by atoms with Gasteiger partial charge in [0, 0.05) is 5.69 Å². The van der Waals surface area contributed by atoms with Gasteiger partial charge in [0.1, 0.15) is 5.75 Å². The van der Waals surface area contributed by atoms with Gasteiger partial charge in [0.25, 0.3) is 0 Å². The molecule has 0 aromatic heterocycles. The maximum Gasteiger partial charge on any atom is 0.243 e. The van der Waals surface area contributed by atoms with Gasteiger partial charge in [-0.1, -0.05) is 43.2 Å². The zero-order valence-electron chi connectivity index (χ0n) is 14.7. The molecule has 0 aliphatic heterocycles. The fourth-order valence-electron chi connectivity index (χ4n) is 2.39. The van der Waals surface area contributed by atoms with Crippen LogP contribution in [0, 0.1) is 13.8 Å². The summed E-state index contributed by atoms with van der Waals surface area (Å²) in [7, 11) is 0. The molecule has 0 saturated carbocycles. The Morgan fingerprint density at radius 1 is 1.08 bits per heavy atom. The summed E-state index contributed by atoms with van der Waals surface area (Å²) >= 11 is 0. The van der Waals surface area contributed by atoms with Gasteiger partial charge in [0.05, 0.1) is 18.8 Å². The van der Waals surface area contributed by atoms with Crippen LogP contribution in [-0.2, 0) is 4.79 Å². The van der Waals surface area contributed by atoms with Crippen molar-refractivity contribution in [2.75, 3.05) is 23.8 Å². The molecule has 1 amide bonds. The van der Waals surface area contributed by atoms with Crippen LogP contribution in [0.2, 0.25) is 0 Å². The van der Waals surface area contributed by atoms with Gasteiger partial charge < -0.3 is 15.4 Å². The van der Waals surface area contributed by atoms with E-state index in [0.717, 1.165) is 35.5 Å². The summed E-state index contributed by atoms with van der Waals surface area (Å²) < 4.78 is 5.77. The topological polar surface area (TPSA) is 50.4 Å². The molecule has 24 heavy (non-hydrogen) atoms. The highest BCUT2D eigenvalue weighted by Gasteiger charge is 2.07. The fourth-order valence-corrected chi connectivity index (χ4v) is 2.39. The summed E-state index contributed by atoms with van der Waals surface area (Å²) in [4.78, 5) is 12.2. The van der Waals surface area contributed by atoms with Gasteiger partial charge in [-0.2, -0.15) is 0 Å². The Hall–Kier alpha value is -2.49. The molecule has 0 atom stereocenters. The molecular formula is C20H26N2O2. The van der Waals surface area contributed by atoms with Crippen LogP contribution in [0.4, 0.5) is 11.4 Å². The average molecular weight is 326 g/mol. The van der Waals surface area contributed by atoms with Gasteiger partial charge in [-0.3, -0.25) is 4.79 Å². The molecule has 4 nitrogen and oxygen atoms in total. The van der Waals surface area contributed by atoms with Crippen LogP contribution in [0.25, 0.3) is 0 Å². The van der Waals surface area contributed by atoms with Gasteiger partial charge in [0.15, 0.2) is 0 Å². The second-order valence-corrected chi connectivity index (χ2v) is 5.92. The van der Waals surface area contributed by atoms with E-state index in [1.807, 2.05) is 50.2 Å². The number of unbranched alkanes of at least 4 members (excludes halogenated alkanes) is 1. The smallest absolute Gasteiger partial charge is 0.243 e. The zero-order chi connectivity index (χ0) is 17.4. The lowest BCUT2D eigenvalue weighted by atomic mass is 10.1. The van der Waals surface area contributed by atoms with Crippen LogP contribution in [0.3, 0.4) is 0 Å². The molecule has 4 heteroatoms. The number of amides is 1. The van der Waals surface area contributed by atoms with Crippen LogP contribution >= 0.6 is 0 Å². The lowest BCUT2D eigenvalue weighted by Crippen LogP contribution is -2.22. The van der Waals surface area contributed by atoms with Crippen molar-refractivity contribution in [3.63, 3.8) is 0 Å². The van der Waals surface area contributed by atoms with Crippen LogP contribution in [0.5, 0.6) is 5.75 Å². The summed E-state index contributed by atoms with van der Waals surface area (Å²) in [6.45, 7) is 7.04. The van der Waals surface area contributed by atoms with E-state index in [4.69, 9.17) is 4.74 Å². The molecule has 0 spiro atoms. The molecule has 0 aliphatic rings. The predicted molar refractivity (Wildman–Crippen MR) is 99.9 cm³/mol. The van der Waals surface area contributed by atoms with E-state index < -0.39 is 0 Å². The lowest BCUT2D eigenvalue weighted by molar-refractivity contribution is -0.114. The number of para-hydroxylation sites is 2. The Kier molecular flexibility index (Phi) is 6.67. The van der Waals surface area contributed by atoms with Gasteiger partial charge >= 0.3 is 0 Å². The molecule has 0 unspecified atom stereocenters. The fraction of sp³-hybridized carbons (Fsp3) is 0.350. The van der Waals surface area contributed by atoms with Crippen molar-refractivity contribution < 1.29 is 9.53 Å². The van der Waals surface area contributed by atoms with E-state index in [-0.39, 0.29) is 12.5 Å². The minimum Gasteiger partial charge on any atom is -0.491 e. The third-order valence-corrected chi connectivity index (χ3v) is 3.74. The Bertz CT molecular complexity index is 683. The summed E-state index contributed by atoms with van der Waals surface area (Å²) in [5.41, 5.74) is 3.93. The molecule has 2 aromatic carbocycles. The first-order chi connectivity index (χ1) is 11.6. The summed E-state index contributed by atoms with van der Waals surface area (Å²) in [5, 5.41) is 6.09. The van der Waals surface area contributed by atoms with E-state index in [0.29, 0.717) is 6.61 Å². The van der Waals surface area contributed by atoms with Gasteiger partial charge in [-0.15, -0.1) is 0 Å². The number of benzene rings is 2. The maximum absolute atomic E-state index is 12.2. The number of ether oxygens (including phenoxy) is 1. The minimum atomic E-state index is -0.0784. The molecular weight excluding hydrogens is 300 g/mol. The first-order valence-electron chi connectivity index (χ1n) is 8.43. The second kappa shape index (κ2) is 8.96. The van der Waals surface area contributed by atoms with Gasteiger partial charge in [-0.05, 0) is 44.0 Å². The number of carbonyl (C=O) groups is 1. The number of carbonyl (C=O) groups excluding carboxylic acids is 1. The first kappa shape index (κ1) is 17.9. The van der Waals surface area contributed by atoms with E-state index in [9.17, 15) is 4.79 Å². The summed E-state index contributed by atoms with van der Waals surface area (Å²) in [6, 6.07) is 13.7. The van der Waals surface area contributed by atoms with Crippen LogP contribution in [-0.4, -0.2) is 19.1 Å². The third kappa shape index (κ3) is 5.30. The van der Waals surface area contributed by atoms with E-state index >= 15 is 0 Å². The number of hydrogen-bond acceptors (Lipinski definition) is 3. The Morgan fingerprint density at radius 2 is 1.88 bits per heavy atom. The van der Waals surface area contributed by atoms with Crippen molar-refractivity contribution in [1.29, 1.82) is 0 Å². The number of rotatable bonds is 8. The van der Waals surface area contributed by atoms with Crippen molar-refractivity contribution in [2.45, 2.75) is 33.6 Å². The van der Waals surface area contributed by atoms with Crippen molar-refractivity contribution >= 4 is 17.3 Å². The average Bonchev–Trinajstić information content (AvgIpc) is 2.57. The van der Waals surface area contributed by atoms with Crippen molar-refractivity contribution in [1.82, 2.24) is 0 Å². The van der Waals surface area contributed by atoms with Gasteiger partial charge in [0.2, 0.25) is 5.91 Å². The molecule has 128 valence electrons. The number of aryl methyl sites for hydroxylation is 2. The van der Waals surface area contributed by atoms with Crippen molar-refractivity contribution in [3.8, 4) is 5.75 Å². The lowest BCUT2D eigenvalue weighted by Gasteiger charge is -2.14. The molecule has 0 bridgehead atoms. The summed E-state index contributed by atoms with van der Waals surface area (Å²) in [6.07, 6.45) is 2.11. The summed E-state index contributed by atoms with van der Waals surface area (Å²) in [5.74, 6) is 0.704. The molecule has 0 aliphatic carbocycles. The van der Waals surface area contributed by atoms with Gasteiger partial charge in [-0.25, -0.2) is 0 Å². The normalized spacial score (nSPS) is 10.3. The molecule has 0 heterocycles. The highest BCUT2D eigenvalue weighted by Crippen LogP contribution is 2.24. The van der Waals surface area contributed by atoms with Crippen LogP contribution < -0.4 is 15.4 Å². The zero-order valence-corrected chi connectivity index (χ0v) is 14.7. The first-order valence-corrected chi connectivity index (χ1v) is 8.43. The highest BCUT2D eigenvalue weighted by molar-refractivity contribution is 5.94. The second-order valence-electron chi connectivity index (χ2n) is 5.92. The standard InChI is InChI=1S/C20H26N2O2/c1-4-5-12-24-19-9-7-6-8-18(19)21-14-20(23)22-17-11-10-15(2)13-16(17)3/h6-11,13,21H,4-5,12,14H2,1-3H3,(H,22,23). The maximum atomic E-state index is 12.2. The SMILES string of the molecule is CCCCOc1ccccc1NCC(=O)Nc1ccc(C)cc1C. The van der Waals surface area contributed by atoms with E-state index in [1.54, 1.807) is 0 Å². The monoisotopic (exact) mass is 326 g/mol. The third-order valence-electron chi connectivity index (χ3n) is 3.74. The number of anilines is 2. The molecule has 2 rings (SSSR count). The Morgan fingerprint density at radius 3 is 2.62 bits per heavy atom. The van der Waals surface area contributed by atoms with Crippen LogP contribution in [0.1, 0.15) is 30.9 Å². The number of hydrogen-bond donors (Lipinski definition) is 2.